The first-order valence-corrected chi connectivity index (χ1v) is 9.31. The van der Waals surface area contributed by atoms with Crippen LogP contribution in [0.3, 0.4) is 0 Å². The fourth-order valence-electron chi connectivity index (χ4n) is 2.51. The molecule has 3 aromatic carbocycles. The van der Waals surface area contributed by atoms with Gasteiger partial charge in [-0.25, -0.2) is 19.0 Å². The van der Waals surface area contributed by atoms with Crippen molar-refractivity contribution in [2.24, 2.45) is 5.10 Å². The third-order valence-corrected chi connectivity index (χ3v) is 4.07. The predicted octanol–water partition coefficient (Wildman–Crippen LogP) is 3.72. The summed E-state index contributed by atoms with van der Waals surface area (Å²) in [6.45, 7) is -0.417. The fraction of sp³-hybridized carbons (Fsp3) is 0.0870. The van der Waals surface area contributed by atoms with Gasteiger partial charge in [0.1, 0.15) is 5.82 Å². The molecule has 3 aromatic rings. The van der Waals surface area contributed by atoms with E-state index in [2.05, 4.69) is 10.5 Å². The first-order valence-electron chi connectivity index (χ1n) is 9.31. The normalized spacial score (nSPS) is 10.6. The van der Waals surface area contributed by atoms with E-state index in [9.17, 15) is 18.4 Å². The molecular formula is C23H18F2N2O5. The summed E-state index contributed by atoms with van der Waals surface area (Å²) >= 11 is 0. The minimum absolute atomic E-state index is 0.0397. The maximum absolute atomic E-state index is 13.5. The van der Waals surface area contributed by atoms with E-state index in [1.54, 1.807) is 18.2 Å². The van der Waals surface area contributed by atoms with Crippen LogP contribution in [0.2, 0.25) is 0 Å². The lowest BCUT2D eigenvalue weighted by molar-refractivity contribution is -0.123. The highest BCUT2D eigenvalue weighted by molar-refractivity contribution is 5.91. The van der Waals surface area contributed by atoms with Gasteiger partial charge in [0.2, 0.25) is 0 Å². The minimum atomic E-state index is -0.674. The number of carbonyl (C=O) groups excluding carboxylic acids is 2. The number of amides is 1. The standard InChI is InChI=1S/C23H18F2N2O5/c1-30-21-12-15(6-11-20(21)32-23(29)16-7-9-17(24)10-8-16)13-26-27-22(28)14-31-19-5-3-2-4-18(19)25/h2-13H,14H2,1H3,(H,27,28)/b26-13+. The number of methoxy groups -OCH3 is 1. The van der Waals surface area contributed by atoms with Gasteiger partial charge in [0.15, 0.2) is 29.7 Å². The van der Waals surface area contributed by atoms with E-state index in [4.69, 9.17) is 14.2 Å². The molecule has 0 atom stereocenters. The number of halogens is 2. The van der Waals surface area contributed by atoms with Crippen molar-refractivity contribution >= 4 is 18.1 Å². The Bertz CT molecular complexity index is 1130. The van der Waals surface area contributed by atoms with Crippen molar-refractivity contribution in [3.63, 3.8) is 0 Å². The van der Waals surface area contributed by atoms with Crippen LogP contribution in [0, 0.1) is 11.6 Å². The smallest absolute Gasteiger partial charge is 0.343 e. The quantitative estimate of drug-likeness (QED) is 0.250. The van der Waals surface area contributed by atoms with Crippen molar-refractivity contribution < 1.29 is 32.6 Å². The number of carbonyl (C=O) groups is 2. The van der Waals surface area contributed by atoms with E-state index in [-0.39, 0.29) is 22.8 Å². The van der Waals surface area contributed by atoms with E-state index < -0.39 is 30.1 Å². The molecule has 9 heteroatoms. The summed E-state index contributed by atoms with van der Waals surface area (Å²) in [7, 11) is 1.40. The van der Waals surface area contributed by atoms with E-state index >= 15 is 0 Å². The fourth-order valence-corrected chi connectivity index (χ4v) is 2.51. The zero-order valence-electron chi connectivity index (χ0n) is 16.9. The average Bonchev–Trinajstić information content (AvgIpc) is 2.79. The minimum Gasteiger partial charge on any atom is -0.493 e. The summed E-state index contributed by atoms with van der Waals surface area (Å²) in [6.07, 6.45) is 1.34. The van der Waals surface area contributed by atoms with Gasteiger partial charge in [-0.1, -0.05) is 12.1 Å². The molecule has 0 aliphatic carbocycles. The van der Waals surface area contributed by atoms with E-state index in [1.807, 2.05) is 0 Å². The van der Waals surface area contributed by atoms with Gasteiger partial charge in [-0.15, -0.1) is 0 Å². The highest BCUT2D eigenvalue weighted by atomic mass is 19.1. The van der Waals surface area contributed by atoms with Crippen molar-refractivity contribution in [1.29, 1.82) is 0 Å². The molecule has 1 N–H and O–H groups in total. The Labute approximate surface area is 182 Å². The first-order chi connectivity index (χ1) is 15.5. The van der Waals surface area contributed by atoms with Crippen molar-refractivity contribution in [3.05, 3.63) is 89.5 Å². The summed E-state index contributed by atoms with van der Waals surface area (Å²) in [5.74, 6) is -1.93. The molecule has 0 heterocycles. The lowest BCUT2D eigenvalue weighted by Gasteiger charge is -2.10. The third kappa shape index (κ3) is 6.11. The van der Waals surface area contributed by atoms with Crippen LogP contribution < -0.4 is 19.6 Å². The summed E-state index contributed by atoms with van der Waals surface area (Å²) in [6, 6.07) is 15.3. The van der Waals surface area contributed by atoms with Crippen LogP contribution in [-0.4, -0.2) is 31.8 Å². The number of hydrazone groups is 1. The molecule has 0 saturated carbocycles. The number of esters is 1. The maximum Gasteiger partial charge on any atom is 0.343 e. The molecule has 164 valence electrons. The molecule has 0 radical (unpaired) electrons. The van der Waals surface area contributed by atoms with Gasteiger partial charge in [-0.05, 0) is 60.2 Å². The Morgan fingerprint density at radius 1 is 0.969 bits per heavy atom. The lowest BCUT2D eigenvalue weighted by Crippen LogP contribution is -2.24. The van der Waals surface area contributed by atoms with Gasteiger partial charge in [0.05, 0.1) is 18.9 Å². The number of nitrogens with one attached hydrogen (secondary N) is 1. The second-order valence-electron chi connectivity index (χ2n) is 6.32. The monoisotopic (exact) mass is 440 g/mol. The van der Waals surface area contributed by atoms with Gasteiger partial charge in [0.25, 0.3) is 5.91 Å². The molecule has 0 bridgehead atoms. The molecular weight excluding hydrogens is 422 g/mol. The number of nitrogens with zero attached hydrogens (tertiary/aromatic N) is 1. The molecule has 0 aliphatic rings. The molecule has 3 rings (SSSR count). The molecule has 0 saturated heterocycles. The van der Waals surface area contributed by atoms with Crippen LogP contribution in [0.4, 0.5) is 8.78 Å². The number of hydrogen-bond acceptors (Lipinski definition) is 6. The van der Waals surface area contributed by atoms with Crippen molar-refractivity contribution in [1.82, 2.24) is 5.43 Å². The van der Waals surface area contributed by atoms with Crippen LogP contribution in [0.15, 0.2) is 71.8 Å². The summed E-state index contributed by atoms with van der Waals surface area (Å²) < 4.78 is 42.1. The number of hydrogen-bond donors (Lipinski definition) is 1. The summed E-state index contributed by atoms with van der Waals surface area (Å²) in [4.78, 5) is 24.0. The van der Waals surface area contributed by atoms with E-state index in [0.29, 0.717) is 5.56 Å². The highest BCUT2D eigenvalue weighted by Gasteiger charge is 2.13. The Morgan fingerprint density at radius 2 is 1.72 bits per heavy atom. The number of para-hydroxylation sites is 1. The van der Waals surface area contributed by atoms with E-state index in [1.165, 1.54) is 49.7 Å². The van der Waals surface area contributed by atoms with Crippen LogP contribution in [0.25, 0.3) is 0 Å². The number of benzene rings is 3. The topological polar surface area (TPSA) is 86.2 Å². The highest BCUT2D eigenvalue weighted by Crippen LogP contribution is 2.28. The van der Waals surface area contributed by atoms with Crippen LogP contribution in [-0.2, 0) is 4.79 Å². The molecule has 0 aliphatic heterocycles. The molecule has 7 nitrogen and oxygen atoms in total. The zero-order chi connectivity index (χ0) is 22.9. The second-order valence-corrected chi connectivity index (χ2v) is 6.32. The Morgan fingerprint density at radius 3 is 2.44 bits per heavy atom. The van der Waals surface area contributed by atoms with Gasteiger partial charge in [-0.2, -0.15) is 5.10 Å². The molecule has 0 aromatic heterocycles. The van der Waals surface area contributed by atoms with Crippen LogP contribution >= 0.6 is 0 Å². The third-order valence-electron chi connectivity index (χ3n) is 4.07. The predicted molar refractivity (Wildman–Crippen MR) is 112 cm³/mol. The molecule has 0 spiro atoms. The van der Waals surface area contributed by atoms with E-state index in [0.717, 1.165) is 12.1 Å². The zero-order valence-corrected chi connectivity index (χ0v) is 16.9. The molecule has 0 fully saturated rings. The van der Waals surface area contributed by atoms with Gasteiger partial charge >= 0.3 is 5.97 Å². The Kier molecular flexibility index (Phi) is 7.47. The first kappa shape index (κ1) is 22.4. The number of rotatable bonds is 8. The average molecular weight is 440 g/mol. The largest absolute Gasteiger partial charge is 0.493 e. The Hall–Kier alpha value is -4.27. The summed E-state index contributed by atoms with van der Waals surface area (Å²) in [5, 5.41) is 3.80. The van der Waals surface area contributed by atoms with Gasteiger partial charge in [0, 0.05) is 0 Å². The second kappa shape index (κ2) is 10.7. The van der Waals surface area contributed by atoms with Crippen LogP contribution in [0.1, 0.15) is 15.9 Å². The maximum atomic E-state index is 13.5. The number of ether oxygens (including phenoxy) is 3. The van der Waals surface area contributed by atoms with Gasteiger partial charge < -0.3 is 14.2 Å². The van der Waals surface area contributed by atoms with Crippen molar-refractivity contribution in [3.8, 4) is 17.2 Å². The molecule has 0 unspecified atom stereocenters. The van der Waals surface area contributed by atoms with Crippen molar-refractivity contribution in [2.45, 2.75) is 0 Å². The Balaban J connectivity index is 1.57. The SMILES string of the molecule is COc1cc(/C=N/NC(=O)COc2ccccc2F)ccc1OC(=O)c1ccc(F)cc1. The van der Waals surface area contributed by atoms with Crippen LogP contribution in [0.5, 0.6) is 17.2 Å². The lowest BCUT2D eigenvalue weighted by atomic mass is 10.2. The molecule has 1 amide bonds. The van der Waals surface area contributed by atoms with Gasteiger partial charge in [-0.3, -0.25) is 4.79 Å². The van der Waals surface area contributed by atoms with Crippen molar-refractivity contribution in [2.75, 3.05) is 13.7 Å². The molecule has 32 heavy (non-hydrogen) atoms. The summed E-state index contributed by atoms with van der Waals surface area (Å²) in [5.41, 5.74) is 2.98.